The van der Waals surface area contributed by atoms with E-state index in [0.717, 1.165) is 58.4 Å². The molecule has 0 fully saturated rings. The van der Waals surface area contributed by atoms with E-state index >= 15 is 0 Å². The highest BCUT2D eigenvalue weighted by Crippen LogP contribution is 2.39. The molecular weight excluding hydrogens is 442 g/mol. The topological polar surface area (TPSA) is 46.0 Å². The molecule has 4 nitrogen and oxygen atoms in total. The number of hydrogen-bond donors (Lipinski definition) is 1. The van der Waals surface area contributed by atoms with E-state index in [9.17, 15) is 0 Å². The summed E-state index contributed by atoms with van der Waals surface area (Å²) in [5, 5.41) is 13.9. The molecule has 176 valence electrons. The fourth-order valence-corrected chi connectivity index (χ4v) is 4.61. The summed E-state index contributed by atoms with van der Waals surface area (Å²) in [5.74, 6) is 0.910. The minimum atomic E-state index is 0.0268. The molecular formula is C29H32ClN3O. The minimum Gasteiger partial charge on any atom is -0.494 e. The SMILES string of the molecule is CCCCCc1cc(OCC)ccc1N=NC1=C(c2ccccc2)NCC1c1ccccc1Cl. The Morgan fingerprint density at radius 2 is 1.74 bits per heavy atom. The smallest absolute Gasteiger partial charge is 0.119 e. The van der Waals surface area contributed by atoms with Crippen molar-refractivity contribution in [1.82, 2.24) is 5.32 Å². The molecule has 1 aliphatic heterocycles. The Labute approximate surface area is 207 Å². The summed E-state index contributed by atoms with van der Waals surface area (Å²) in [5.41, 5.74) is 6.14. The molecule has 0 bridgehead atoms. The van der Waals surface area contributed by atoms with E-state index in [1.54, 1.807) is 0 Å². The molecule has 4 rings (SSSR count). The molecule has 0 saturated carbocycles. The normalized spacial score (nSPS) is 15.7. The second-order valence-electron chi connectivity index (χ2n) is 8.46. The highest BCUT2D eigenvalue weighted by Gasteiger charge is 2.29. The summed E-state index contributed by atoms with van der Waals surface area (Å²) in [4.78, 5) is 0. The number of azo groups is 1. The maximum absolute atomic E-state index is 6.59. The first kappa shape index (κ1) is 24.0. The first-order chi connectivity index (χ1) is 16.7. The van der Waals surface area contributed by atoms with Crippen molar-refractivity contribution in [2.75, 3.05) is 13.2 Å². The Balaban J connectivity index is 1.73. The van der Waals surface area contributed by atoms with Gasteiger partial charge in [-0.25, -0.2) is 0 Å². The molecule has 34 heavy (non-hydrogen) atoms. The van der Waals surface area contributed by atoms with E-state index in [-0.39, 0.29) is 5.92 Å². The largest absolute Gasteiger partial charge is 0.494 e. The zero-order valence-corrected chi connectivity index (χ0v) is 20.7. The zero-order chi connectivity index (χ0) is 23.8. The van der Waals surface area contributed by atoms with Crippen molar-refractivity contribution in [2.45, 2.75) is 45.4 Å². The predicted molar refractivity (Wildman–Crippen MR) is 141 cm³/mol. The van der Waals surface area contributed by atoms with E-state index in [1.165, 1.54) is 18.4 Å². The molecule has 3 aromatic rings. The Morgan fingerprint density at radius 3 is 2.50 bits per heavy atom. The Hall–Kier alpha value is -3.11. The summed E-state index contributed by atoms with van der Waals surface area (Å²) < 4.78 is 5.74. The van der Waals surface area contributed by atoms with Crippen LogP contribution in [0.25, 0.3) is 5.70 Å². The first-order valence-electron chi connectivity index (χ1n) is 12.2. The summed E-state index contributed by atoms with van der Waals surface area (Å²) in [7, 11) is 0. The maximum Gasteiger partial charge on any atom is 0.119 e. The number of ether oxygens (including phenoxy) is 1. The van der Waals surface area contributed by atoms with Gasteiger partial charge in [-0.2, -0.15) is 10.2 Å². The predicted octanol–water partition coefficient (Wildman–Crippen LogP) is 8.31. The molecule has 1 atom stereocenters. The van der Waals surface area contributed by atoms with Gasteiger partial charge < -0.3 is 10.1 Å². The summed E-state index contributed by atoms with van der Waals surface area (Å²) >= 11 is 6.59. The fourth-order valence-electron chi connectivity index (χ4n) is 4.34. The Kier molecular flexibility index (Phi) is 8.37. The van der Waals surface area contributed by atoms with E-state index in [1.807, 2.05) is 55.5 Å². The number of benzene rings is 3. The third-order valence-electron chi connectivity index (χ3n) is 6.09. The summed E-state index contributed by atoms with van der Waals surface area (Å²) in [6.45, 7) is 5.60. The third-order valence-corrected chi connectivity index (χ3v) is 6.43. The molecule has 0 saturated heterocycles. The van der Waals surface area contributed by atoms with Crippen LogP contribution in [0.1, 0.15) is 55.7 Å². The van der Waals surface area contributed by atoms with Gasteiger partial charge in [0.05, 0.1) is 23.7 Å². The molecule has 0 aliphatic carbocycles. The average molecular weight is 474 g/mol. The minimum absolute atomic E-state index is 0.0268. The highest BCUT2D eigenvalue weighted by atomic mass is 35.5. The molecule has 1 heterocycles. The van der Waals surface area contributed by atoms with Gasteiger partial charge in [0.1, 0.15) is 5.75 Å². The van der Waals surface area contributed by atoms with Gasteiger partial charge in [-0.1, -0.05) is 79.9 Å². The highest BCUT2D eigenvalue weighted by molar-refractivity contribution is 6.31. The standard InChI is InChI=1S/C29H32ClN3O/c1-3-5-7-14-22-19-23(34-4-2)17-18-27(22)32-33-29-25(24-15-10-11-16-26(24)30)20-31-28(29)21-12-8-6-9-13-21/h6,8-13,15-19,25,31H,3-5,7,14,20H2,1-2H3. The first-order valence-corrected chi connectivity index (χ1v) is 12.5. The molecule has 5 heteroatoms. The van der Waals surface area contributed by atoms with Crippen LogP contribution in [0.4, 0.5) is 5.69 Å². The number of nitrogens with one attached hydrogen (secondary N) is 1. The van der Waals surface area contributed by atoms with Crippen molar-refractivity contribution in [1.29, 1.82) is 0 Å². The van der Waals surface area contributed by atoms with Crippen molar-refractivity contribution < 1.29 is 4.74 Å². The number of hydrogen-bond acceptors (Lipinski definition) is 4. The summed E-state index contributed by atoms with van der Waals surface area (Å²) in [6.07, 6.45) is 4.45. The lowest BCUT2D eigenvalue weighted by Gasteiger charge is -2.13. The van der Waals surface area contributed by atoms with E-state index in [0.29, 0.717) is 6.61 Å². The molecule has 1 unspecified atom stereocenters. The van der Waals surface area contributed by atoms with Crippen LogP contribution in [0.5, 0.6) is 5.75 Å². The second kappa shape index (κ2) is 11.8. The third kappa shape index (κ3) is 5.68. The van der Waals surface area contributed by atoms with Crippen LogP contribution in [0.3, 0.4) is 0 Å². The molecule has 0 aromatic heterocycles. The quantitative estimate of drug-likeness (QED) is 0.237. The molecule has 3 aromatic carbocycles. The van der Waals surface area contributed by atoms with Crippen LogP contribution in [0.15, 0.2) is 88.7 Å². The van der Waals surface area contributed by atoms with Gasteiger partial charge in [-0.3, -0.25) is 0 Å². The van der Waals surface area contributed by atoms with Gasteiger partial charge >= 0.3 is 0 Å². The molecule has 0 spiro atoms. The maximum atomic E-state index is 6.59. The van der Waals surface area contributed by atoms with Crippen molar-refractivity contribution >= 4 is 23.0 Å². The van der Waals surface area contributed by atoms with Gasteiger partial charge in [0.2, 0.25) is 0 Å². The van der Waals surface area contributed by atoms with Gasteiger partial charge in [0.25, 0.3) is 0 Å². The Bertz CT molecular complexity index is 1160. The van der Waals surface area contributed by atoms with Crippen molar-refractivity contribution in [3.05, 3.63) is 100 Å². The van der Waals surface area contributed by atoms with Crippen LogP contribution < -0.4 is 10.1 Å². The van der Waals surface area contributed by atoms with Gasteiger partial charge in [-0.05, 0) is 60.7 Å². The average Bonchev–Trinajstić information content (AvgIpc) is 3.28. The van der Waals surface area contributed by atoms with Crippen LogP contribution in [-0.4, -0.2) is 13.2 Å². The number of aryl methyl sites for hydroxylation is 1. The van der Waals surface area contributed by atoms with E-state index in [4.69, 9.17) is 26.6 Å². The molecule has 1 N–H and O–H groups in total. The summed E-state index contributed by atoms with van der Waals surface area (Å²) in [6, 6.07) is 24.4. The lowest BCUT2D eigenvalue weighted by molar-refractivity contribution is 0.340. The molecule has 0 radical (unpaired) electrons. The number of rotatable bonds is 10. The van der Waals surface area contributed by atoms with Crippen LogP contribution in [0, 0.1) is 0 Å². The van der Waals surface area contributed by atoms with Crippen molar-refractivity contribution in [3.8, 4) is 5.75 Å². The van der Waals surface area contributed by atoms with E-state index < -0.39 is 0 Å². The van der Waals surface area contributed by atoms with E-state index in [2.05, 4.69) is 36.5 Å². The number of nitrogens with zero attached hydrogens (tertiary/aromatic N) is 2. The van der Waals surface area contributed by atoms with Gasteiger partial charge in [0, 0.05) is 17.5 Å². The lowest BCUT2D eigenvalue weighted by atomic mass is 9.96. The second-order valence-corrected chi connectivity index (χ2v) is 8.87. The zero-order valence-electron chi connectivity index (χ0n) is 19.9. The molecule has 0 amide bonds. The van der Waals surface area contributed by atoms with Crippen molar-refractivity contribution in [2.24, 2.45) is 10.2 Å². The number of unbranched alkanes of at least 4 members (excludes halogenated alkanes) is 2. The monoisotopic (exact) mass is 473 g/mol. The lowest BCUT2D eigenvalue weighted by Crippen LogP contribution is -2.11. The molecule has 1 aliphatic rings. The van der Waals surface area contributed by atoms with Crippen molar-refractivity contribution in [3.63, 3.8) is 0 Å². The van der Waals surface area contributed by atoms with Crippen LogP contribution in [-0.2, 0) is 6.42 Å². The number of halogens is 1. The van der Waals surface area contributed by atoms with Gasteiger partial charge in [-0.15, -0.1) is 0 Å². The fraction of sp³-hybridized carbons (Fsp3) is 0.310. The van der Waals surface area contributed by atoms with Crippen LogP contribution >= 0.6 is 11.6 Å². The van der Waals surface area contributed by atoms with Gasteiger partial charge in [0.15, 0.2) is 0 Å². The van der Waals surface area contributed by atoms with Crippen LogP contribution in [0.2, 0.25) is 5.02 Å². The Morgan fingerprint density at radius 1 is 0.941 bits per heavy atom.